The van der Waals surface area contributed by atoms with Gasteiger partial charge < -0.3 is 10.6 Å². The van der Waals surface area contributed by atoms with E-state index in [0.717, 1.165) is 31.5 Å². The Bertz CT molecular complexity index is 526. The number of anilines is 1. The summed E-state index contributed by atoms with van der Waals surface area (Å²) in [5.41, 5.74) is 6.56. The van der Waals surface area contributed by atoms with Gasteiger partial charge >= 0.3 is 0 Å². The average molecular weight is 299 g/mol. The van der Waals surface area contributed by atoms with Crippen LogP contribution >= 0.6 is 11.6 Å². The Kier molecular flexibility index (Phi) is 4.70. The van der Waals surface area contributed by atoms with Crippen LogP contribution in [-0.2, 0) is 0 Å². The van der Waals surface area contributed by atoms with Crippen molar-refractivity contribution in [2.24, 2.45) is 5.73 Å². The number of hydrogen-bond acceptors (Lipinski definition) is 4. The van der Waals surface area contributed by atoms with E-state index in [1.54, 1.807) is 6.20 Å². The van der Waals surface area contributed by atoms with Crippen molar-refractivity contribution in [1.82, 2.24) is 9.78 Å². The van der Waals surface area contributed by atoms with Crippen molar-refractivity contribution in [3.8, 4) is 0 Å². The summed E-state index contributed by atoms with van der Waals surface area (Å²) in [5, 5.41) is 4.50. The van der Waals surface area contributed by atoms with Crippen LogP contribution in [0, 0.1) is 0 Å². The number of nitrogens with two attached hydrogens (primary N) is 1. The van der Waals surface area contributed by atoms with Gasteiger partial charge in [0.25, 0.3) is 5.56 Å². The molecule has 112 valence electrons. The summed E-state index contributed by atoms with van der Waals surface area (Å²) in [6.45, 7) is 6.70. The molecule has 2 unspecified atom stereocenters. The van der Waals surface area contributed by atoms with E-state index in [1.807, 2.05) is 20.8 Å². The van der Waals surface area contributed by atoms with Crippen molar-refractivity contribution in [1.29, 1.82) is 0 Å². The van der Waals surface area contributed by atoms with Gasteiger partial charge in [-0.1, -0.05) is 11.6 Å². The largest absolute Gasteiger partial charge is 0.364 e. The molecular weight excluding hydrogens is 276 g/mol. The van der Waals surface area contributed by atoms with E-state index in [1.165, 1.54) is 4.68 Å². The van der Waals surface area contributed by atoms with Crippen molar-refractivity contribution in [3.63, 3.8) is 0 Å². The van der Waals surface area contributed by atoms with Gasteiger partial charge in [0.1, 0.15) is 5.02 Å². The van der Waals surface area contributed by atoms with Gasteiger partial charge in [-0.25, -0.2) is 4.68 Å². The number of halogens is 1. The maximum atomic E-state index is 12.3. The molecule has 1 aliphatic heterocycles. The Morgan fingerprint density at radius 3 is 2.70 bits per heavy atom. The van der Waals surface area contributed by atoms with E-state index in [9.17, 15) is 4.79 Å². The molecule has 0 spiro atoms. The fourth-order valence-electron chi connectivity index (χ4n) is 2.81. The number of aromatic nitrogens is 2. The molecule has 6 heteroatoms. The molecule has 0 saturated carbocycles. The number of rotatable bonds is 3. The Morgan fingerprint density at radius 2 is 2.10 bits per heavy atom. The molecule has 2 rings (SSSR count). The quantitative estimate of drug-likeness (QED) is 0.929. The second kappa shape index (κ2) is 6.14. The van der Waals surface area contributed by atoms with Crippen LogP contribution in [-0.4, -0.2) is 28.4 Å². The lowest BCUT2D eigenvalue weighted by Gasteiger charge is -2.39. The first-order chi connectivity index (χ1) is 9.43. The van der Waals surface area contributed by atoms with E-state index < -0.39 is 0 Å². The molecule has 0 aliphatic carbocycles. The highest BCUT2D eigenvalue weighted by atomic mass is 35.5. The average Bonchev–Trinajstić information content (AvgIpc) is 2.41. The molecular formula is C14H23ClN4O. The molecule has 0 bridgehead atoms. The molecule has 20 heavy (non-hydrogen) atoms. The summed E-state index contributed by atoms with van der Waals surface area (Å²) in [7, 11) is 0. The highest BCUT2D eigenvalue weighted by Gasteiger charge is 2.28. The topological polar surface area (TPSA) is 64.2 Å². The maximum Gasteiger partial charge on any atom is 0.287 e. The zero-order valence-electron chi connectivity index (χ0n) is 12.3. The lowest BCUT2D eigenvalue weighted by atomic mass is 9.96. The standard InChI is InChI=1S/C14H23ClN4O/c1-9(2)19-14(20)13(15)12(8-17-19)18-7-5-4-6-11(18)10(3)16/h8-11H,4-7,16H2,1-3H3. The molecule has 2 heterocycles. The number of piperidine rings is 1. The summed E-state index contributed by atoms with van der Waals surface area (Å²) >= 11 is 6.29. The lowest BCUT2D eigenvalue weighted by Crippen LogP contribution is -2.50. The normalized spacial score (nSPS) is 21.3. The zero-order valence-corrected chi connectivity index (χ0v) is 13.1. The van der Waals surface area contributed by atoms with Crippen molar-refractivity contribution in [3.05, 3.63) is 21.6 Å². The van der Waals surface area contributed by atoms with Gasteiger partial charge in [-0.3, -0.25) is 4.79 Å². The monoisotopic (exact) mass is 298 g/mol. The molecule has 1 saturated heterocycles. The molecule has 2 N–H and O–H groups in total. The van der Waals surface area contributed by atoms with E-state index >= 15 is 0 Å². The van der Waals surface area contributed by atoms with Gasteiger partial charge in [-0.15, -0.1) is 0 Å². The van der Waals surface area contributed by atoms with E-state index in [-0.39, 0.29) is 28.7 Å². The van der Waals surface area contributed by atoms with Crippen LogP contribution in [0.1, 0.15) is 46.1 Å². The lowest BCUT2D eigenvalue weighted by molar-refractivity contribution is 0.411. The second-order valence-electron chi connectivity index (χ2n) is 5.80. The smallest absolute Gasteiger partial charge is 0.287 e. The van der Waals surface area contributed by atoms with Crippen molar-refractivity contribution in [2.75, 3.05) is 11.4 Å². The molecule has 2 atom stereocenters. The zero-order chi connectivity index (χ0) is 14.9. The van der Waals surface area contributed by atoms with Crippen molar-refractivity contribution >= 4 is 17.3 Å². The van der Waals surface area contributed by atoms with Crippen LogP contribution in [0.15, 0.2) is 11.0 Å². The molecule has 5 nitrogen and oxygen atoms in total. The summed E-state index contributed by atoms with van der Waals surface area (Å²) in [6, 6.07) is 0.260. The highest BCUT2D eigenvalue weighted by Crippen LogP contribution is 2.29. The van der Waals surface area contributed by atoms with Gasteiger partial charge in [0.2, 0.25) is 0 Å². The van der Waals surface area contributed by atoms with Gasteiger partial charge in [0, 0.05) is 18.6 Å². The van der Waals surface area contributed by atoms with Gasteiger partial charge in [-0.2, -0.15) is 5.10 Å². The minimum absolute atomic E-state index is 0.000338. The number of hydrogen-bond donors (Lipinski definition) is 1. The molecule has 0 amide bonds. The summed E-state index contributed by atoms with van der Waals surface area (Å²) in [4.78, 5) is 14.4. The van der Waals surface area contributed by atoms with Crippen molar-refractivity contribution in [2.45, 2.75) is 58.2 Å². The third kappa shape index (κ3) is 2.83. The fraction of sp³-hybridized carbons (Fsp3) is 0.714. The Hall–Kier alpha value is -1.07. The first-order valence-electron chi connectivity index (χ1n) is 7.23. The van der Waals surface area contributed by atoms with Gasteiger partial charge in [0.05, 0.1) is 17.9 Å². The molecule has 1 aromatic heterocycles. The SMILES string of the molecule is CC(N)C1CCCCN1c1cnn(C(C)C)c(=O)c1Cl. The first kappa shape index (κ1) is 15.3. The third-order valence-electron chi connectivity index (χ3n) is 3.88. The second-order valence-corrected chi connectivity index (χ2v) is 6.18. The van der Waals surface area contributed by atoms with Crippen LogP contribution in [0.5, 0.6) is 0 Å². The van der Waals surface area contributed by atoms with E-state index in [2.05, 4.69) is 10.00 Å². The van der Waals surface area contributed by atoms with Crippen LogP contribution in [0.4, 0.5) is 5.69 Å². The van der Waals surface area contributed by atoms with Crippen LogP contribution in [0.25, 0.3) is 0 Å². The predicted octanol–water partition coefficient (Wildman–Crippen LogP) is 2.18. The predicted molar refractivity (Wildman–Crippen MR) is 82.5 cm³/mol. The Labute approximate surface area is 124 Å². The minimum atomic E-state index is -0.229. The molecule has 1 aliphatic rings. The molecule has 0 radical (unpaired) electrons. The molecule has 1 fully saturated rings. The number of nitrogens with zero attached hydrogens (tertiary/aromatic N) is 3. The fourth-order valence-corrected chi connectivity index (χ4v) is 3.05. The third-order valence-corrected chi connectivity index (χ3v) is 4.24. The van der Waals surface area contributed by atoms with E-state index in [0.29, 0.717) is 0 Å². The minimum Gasteiger partial charge on any atom is -0.364 e. The molecule has 0 aromatic carbocycles. The summed E-state index contributed by atoms with van der Waals surface area (Å²) in [5.74, 6) is 0. The van der Waals surface area contributed by atoms with Crippen molar-refractivity contribution < 1.29 is 0 Å². The Balaban J connectivity index is 2.41. The summed E-state index contributed by atoms with van der Waals surface area (Å²) in [6.07, 6.45) is 4.98. The highest BCUT2D eigenvalue weighted by molar-refractivity contribution is 6.33. The summed E-state index contributed by atoms with van der Waals surface area (Å²) < 4.78 is 1.41. The van der Waals surface area contributed by atoms with E-state index in [4.69, 9.17) is 17.3 Å². The van der Waals surface area contributed by atoms with Crippen LogP contribution in [0.3, 0.4) is 0 Å². The van der Waals surface area contributed by atoms with Gasteiger partial charge in [0.15, 0.2) is 0 Å². The maximum absolute atomic E-state index is 12.3. The first-order valence-corrected chi connectivity index (χ1v) is 7.60. The molecule has 1 aromatic rings. The van der Waals surface area contributed by atoms with Gasteiger partial charge in [-0.05, 0) is 40.0 Å². The van der Waals surface area contributed by atoms with Crippen LogP contribution in [0.2, 0.25) is 5.02 Å². The Morgan fingerprint density at radius 1 is 1.40 bits per heavy atom. The van der Waals surface area contributed by atoms with Crippen LogP contribution < -0.4 is 16.2 Å².